The highest BCUT2D eigenvalue weighted by molar-refractivity contribution is 5.94. The van der Waals surface area contributed by atoms with Crippen molar-refractivity contribution in [2.75, 3.05) is 0 Å². The minimum absolute atomic E-state index is 0.219. The van der Waals surface area contributed by atoms with Crippen LogP contribution < -0.4 is 5.43 Å². The second-order valence-electron chi connectivity index (χ2n) is 2.91. The number of amides is 1. The summed E-state index contributed by atoms with van der Waals surface area (Å²) in [7, 11) is 0. The monoisotopic (exact) mass is 188 g/mol. The average Bonchev–Trinajstić information content (AvgIpc) is 2.18. The Morgan fingerprint density at radius 3 is 2.64 bits per heavy atom. The first kappa shape index (κ1) is 10.2. The van der Waals surface area contributed by atoms with Crippen molar-refractivity contribution in [3.63, 3.8) is 0 Å². The molecule has 0 aromatic heterocycles. The number of hydrogen-bond acceptors (Lipinski definition) is 2. The van der Waals surface area contributed by atoms with Gasteiger partial charge in [0.2, 0.25) is 0 Å². The van der Waals surface area contributed by atoms with Crippen molar-refractivity contribution in [3.05, 3.63) is 48.0 Å². The largest absolute Gasteiger partial charge is 0.271 e. The van der Waals surface area contributed by atoms with Crippen LogP contribution in [-0.4, -0.2) is 12.1 Å². The van der Waals surface area contributed by atoms with E-state index in [1.807, 2.05) is 6.07 Å². The van der Waals surface area contributed by atoms with Crippen molar-refractivity contribution >= 4 is 12.1 Å². The molecule has 72 valence electrons. The second kappa shape index (κ2) is 4.97. The lowest BCUT2D eigenvalue weighted by Crippen LogP contribution is -2.17. The average molecular weight is 188 g/mol. The summed E-state index contributed by atoms with van der Waals surface area (Å²) in [6.07, 6.45) is 1.50. The molecule has 0 saturated carbocycles. The lowest BCUT2D eigenvalue weighted by molar-refractivity contribution is 0.0955. The number of allylic oxidation sites excluding steroid dienone is 1. The molecule has 0 aliphatic rings. The van der Waals surface area contributed by atoms with Gasteiger partial charge in [-0.15, -0.1) is 0 Å². The van der Waals surface area contributed by atoms with Crippen LogP contribution in [0.5, 0.6) is 0 Å². The Bertz CT molecular complexity index is 355. The van der Waals surface area contributed by atoms with Crippen LogP contribution in [0.2, 0.25) is 0 Å². The van der Waals surface area contributed by atoms with Gasteiger partial charge in [0.1, 0.15) is 0 Å². The van der Waals surface area contributed by atoms with E-state index in [0.29, 0.717) is 5.56 Å². The van der Waals surface area contributed by atoms with E-state index in [0.717, 1.165) is 5.57 Å². The molecule has 0 fully saturated rings. The molecule has 0 bridgehead atoms. The van der Waals surface area contributed by atoms with Crippen molar-refractivity contribution in [3.8, 4) is 0 Å². The smallest absolute Gasteiger partial charge is 0.267 e. The van der Waals surface area contributed by atoms with Crippen LogP contribution in [0.15, 0.2) is 47.6 Å². The molecule has 1 N–H and O–H groups in total. The Morgan fingerprint density at radius 1 is 1.43 bits per heavy atom. The van der Waals surface area contributed by atoms with Crippen molar-refractivity contribution in [1.82, 2.24) is 5.43 Å². The first-order valence-corrected chi connectivity index (χ1v) is 4.24. The molecular formula is C11H12N2O. The summed E-state index contributed by atoms with van der Waals surface area (Å²) in [5, 5.41) is 3.72. The highest BCUT2D eigenvalue weighted by Crippen LogP contribution is 1.97. The fraction of sp³-hybridized carbons (Fsp3) is 0.0909. The van der Waals surface area contributed by atoms with Crippen molar-refractivity contribution in [1.29, 1.82) is 0 Å². The molecule has 3 nitrogen and oxygen atoms in total. The Labute approximate surface area is 83.1 Å². The molecular weight excluding hydrogens is 176 g/mol. The van der Waals surface area contributed by atoms with Crippen LogP contribution in [0.1, 0.15) is 17.3 Å². The summed E-state index contributed by atoms with van der Waals surface area (Å²) in [6, 6.07) is 8.92. The van der Waals surface area contributed by atoms with Crippen molar-refractivity contribution in [2.45, 2.75) is 6.92 Å². The van der Waals surface area contributed by atoms with E-state index in [1.54, 1.807) is 31.2 Å². The van der Waals surface area contributed by atoms with Crippen LogP contribution in [0.3, 0.4) is 0 Å². The number of nitrogens with one attached hydrogen (secondary N) is 1. The van der Waals surface area contributed by atoms with Gasteiger partial charge >= 0.3 is 0 Å². The topological polar surface area (TPSA) is 41.5 Å². The number of benzene rings is 1. The Hall–Kier alpha value is -1.90. The minimum atomic E-state index is -0.219. The second-order valence-corrected chi connectivity index (χ2v) is 2.91. The van der Waals surface area contributed by atoms with Gasteiger partial charge in [-0.05, 0) is 24.6 Å². The predicted molar refractivity (Wildman–Crippen MR) is 57.2 cm³/mol. The molecule has 0 atom stereocenters. The first-order valence-electron chi connectivity index (χ1n) is 4.24. The maximum absolute atomic E-state index is 11.4. The van der Waals surface area contributed by atoms with E-state index < -0.39 is 0 Å². The third-order valence-corrected chi connectivity index (χ3v) is 1.49. The number of hydrazone groups is 1. The molecule has 14 heavy (non-hydrogen) atoms. The van der Waals surface area contributed by atoms with E-state index in [2.05, 4.69) is 17.1 Å². The number of rotatable bonds is 3. The molecule has 1 aromatic rings. The van der Waals surface area contributed by atoms with E-state index in [9.17, 15) is 4.79 Å². The van der Waals surface area contributed by atoms with Crippen LogP contribution >= 0.6 is 0 Å². The van der Waals surface area contributed by atoms with Gasteiger partial charge in [-0.1, -0.05) is 24.8 Å². The zero-order valence-corrected chi connectivity index (χ0v) is 8.03. The highest BCUT2D eigenvalue weighted by Gasteiger charge is 2.00. The van der Waals surface area contributed by atoms with Crippen molar-refractivity contribution < 1.29 is 4.79 Å². The fourth-order valence-electron chi connectivity index (χ4n) is 0.855. The standard InChI is InChI=1S/C11H12N2O/c1-9(2)8-12-13-11(14)10-6-4-3-5-7-10/h3-8H,1H2,2H3,(H,13,14)/b12-8+. The Kier molecular flexibility index (Phi) is 3.61. The summed E-state index contributed by atoms with van der Waals surface area (Å²) in [5.74, 6) is -0.219. The fourth-order valence-corrected chi connectivity index (χ4v) is 0.855. The number of hydrogen-bond donors (Lipinski definition) is 1. The molecule has 0 heterocycles. The van der Waals surface area contributed by atoms with Gasteiger partial charge in [-0.2, -0.15) is 5.10 Å². The maximum Gasteiger partial charge on any atom is 0.271 e. The van der Waals surface area contributed by atoms with Crippen molar-refractivity contribution in [2.24, 2.45) is 5.10 Å². The van der Waals surface area contributed by atoms with E-state index in [4.69, 9.17) is 0 Å². The van der Waals surface area contributed by atoms with Gasteiger partial charge in [-0.25, -0.2) is 5.43 Å². The normalized spacial score (nSPS) is 10.1. The summed E-state index contributed by atoms with van der Waals surface area (Å²) in [4.78, 5) is 11.4. The number of carbonyl (C=O) groups is 1. The van der Waals surface area contributed by atoms with Crippen LogP contribution in [0.25, 0.3) is 0 Å². The summed E-state index contributed by atoms with van der Waals surface area (Å²) in [6.45, 7) is 5.43. The van der Waals surface area contributed by atoms with Gasteiger partial charge in [0.15, 0.2) is 0 Å². The van der Waals surface area contributed by atoms with Gasteiger partial charge in [0.05, 0.1) is 0 Å². The molecule has 3 heteroatoms. The lowest BCUT2D eigenvalue weighted by atomic mass is 10.2. The first-order chi connectivity index (χ1) is 6.70. The molecule has 0 radical (unpaired) electrons. The number of carbonyl (C=O) groups excluding carboxylic acids is 1. The highest BCUT2D eigenvalue weighted by atomic mass is 16.2. The van der Waals surface area contributed by atoms with Gasteiger partial charge in [0.25, 0.3) is 5.91 Å². The molecule has 1 aromatic carbocycles. The maximum atomic E-state index is 11.4. The van der Waals surface area contributed by atoms with E-state index >= 15 is 0 Å². The summed E-state index contributed by atoms with van der Waals surface area (Å²) in [5.41, 5.74) is 3.78. The lowest BCUT2D eigenvalue weighted by Gasteiger charge is -1.97. The Balaban J connectivity index is 2.56. The molecule has 0 aliphatic heterocycles. The van der Waals surface area contributed by atoms with Gasteiger partial charge in [-0.3, -0.25) is 4.79 Å². The summed E-state index contributed by atoms with van der Waals surface area (Å²) < 4.78 is 0. The van der Waals surface area contributed by atoms with E-state index in [1.165, 1.54) is 6.21 Å². The van der Waals surface area contributed by atoms with Gasteiger partial charge in [0, 0.05) is 11.8 Å². The quantitative estimate of drug-likeness (QED) is 0.572. The third-order valence-electron chi connectivity index (χ3n) is 1.49. The SMILES string of the molecule is C=C(C)/C=N/NC(=O)c1ccccc1. The molecule has 0 saturated heterocycles. The predicted octanol–water partition coefficient (Wildman–Crippen LogP) is 1.98. The number of nitrogens with zero attached hydrogens (tertiary/aromatic N) is 1. The molecule has 1 amide bonds. The molecule has 0 aliphatic carbocycles. The molecule has 0 spiro atoms. The van der Waals surface area contributed by atoms with Crippen LogP contribution in [-0.2, 0) is 0 Å². The van der Waals surface area contributed by atoms with Crippen LogP contribution in [0.4, 0.5) is 0 Å². The van der Waals surface area contributed by atoms with E-state index in [-0.39, 0.29) is 5.91 Å². The zero-order valence-electron chi connectivity index (χ0n) is 8.03. The third kappa shape index (κ3) is 3.23. The Morgan fingerprint density at radius 2 is 2.07 bits per heavy atom. The summed E-state index contributed by atoms with van der Waals surface area (Å²) >= 11 is 0. The minimum Gasteiger partial charge on any atom is -0.267 e. The zero-order chi connectivity index (χ0) is 10.4. The van der Waals surface area contributed by atoms with Crippen LogP contribution in [0, 0.1) is 0 Å². The molecule has 0 unspecified atom stereocenters. The van der Waals surface area contributed by atoms with Gasteiger partial charge < -0.3 is 0 Å². The molecule has 1 rings (SSSR count).